The Morgan fingerprint density at radius 3 is 2.45 bits per heavy atom. The smallest absolute Gasteiger partial charge is 0.251 e. The van der Waals surface area contributed by atoms with Crippen LogP contribution >= 0.6 is 0 Å². The summed E-state index contributed by atoms with van der Waals surface area (Å²) in [6.45, 7) is 11.6. The fourth-order valence-electron chi connectivity index (χ4n) is 6.69. The summed E-state index contributed by atoms with van der Waals surface area (Å²) >= 11 is 0. The maximum atomic E-state index is 14.0. The molecule has 1 aromatic carbocycles. The number of ketones is 1. The summed E-state index contributed by atoms with van der Waals surface area (Å²) in [5.41, 5.74) is 5.51. The van der Waals surface area contributed by atoms with Crippen molar-refractivity contribution >= 4 is 27.3 Å². The Kier molecular flexibility index (Phi) is 8.00. The molecule has 0 amide bonds. The largest absolute Gasteiger partial charge is 0.354 e. The number of aryl methyl sites for hydroxylation is 2. The zero-order valence-corrected chi connectivity index (χ0v) is 26.7. The Balaban J connectivity index is 1.36. The lowest BCUT2D eigenvalue weighted by molar-refractivity contribution is 0.0982. The number of Topliss-reactive ketones (excluding diaryl/α,β-unsaturated/α-hetero) is 1. The van der Waals surface area contributed by atoms with Gasteiger partial charge in [-0.2, -0.15) is 0 Å². The van der Waals surface area contributed by atoms with Crippen molar-refractivity contribution < 1.29 is 13.2 Å². The lowest BCUT2D eigenvalue weighted by atomic mass is 9.93. The molecule has 0 spiro atoms. The second kappa shape index (κ2) is 11.6. The molecule has 3 aromatic rings. The molecule has 1 N–H and O–H groups in total. The molecule has 0 atom stereocenters. The van der Waals surface area contributed by atoms with Crippen molar-refractivity contribution in [2.24, 2.45) is 0 Å². The number of piperazine rings is 1. The third-order valence-corrected chi connectivity index (χ3v) is 12.2. The summed E-state index contributed by atoms with van der Waals surface area (Å²) in [4.78, 5) is 38.7. The number of anilines is 2. The van der Waals surface area contributed by atoms with Crippen LogP contribution in [0.4, 0.5) is 11.5 Å². The van der Waals surface area contributed by atoms with Crippen molar-refractivity contribution in [2.45, 2.75) is 57.1 Å². The van der Waals surface area contributed by atoms with Crippen molar-refractivity contribution in [3.05, 3.63) is 87.5 Å². The van der Waals surface area contributed by atoms with Crippen molar-refractivity contribution in [1.29, 1.82) is 0 Å². The molecule has 3 aliphatic rings. The van der Waals surface area contributed by atoms with E-state index < -0.39 is 14.8 Å². The Morgan fingerprint density at radius 2 is 1.82 bits per heavy atom. The minimum absolute atomic E-state index is 0.101. The summed E-state index contributed by atoms with van der Waals surface area (Å²) in [7, 11) is -1.54. The van der Waals surface area contributed by atoms with E-state index >= 15 is 0 Å². The second-order valence-electron chi connectivity index (χ2n) is 12.6. The highest BCUT2D eigenvalue weighted by molar-refractivity contribution is 7.94. The van der Waals surface area contributed by atoms with Crippen LogP contribution in [0.3, 0.4) is 0 Å². The number of hydrogen-bond acceptors (Lipinski definition) is 7. The molecule has 1 saturated carbocycles. The molecule has 44 heavy (non-hydrogen) atoms. The first-order valence-corrected chi connectivity index (χ1v) is 16.9. The van der Waals surface area contributed by atoms with Gasteiger partial charge in [0.2, 0.25) is 10.0 Å². The van der Waals surface area contributed by atoms with Gasteiger partial charge in [-0.25, -0.2) is 13.4 Å². The molecule has 0 radical (unpaired) electrons. The first-order valence-electron chi connectivity index (χ1n) is 15.5. The summed E-state index contributed by atoms with van der Waals surface area (Å²) in [5, 5.41) is 0. The maximum absolute atomic E-state index is 14.0. The molecular formula is C34H41N5O4S. The third kappa shape index (κ3) is 5.49. The van der Waals surface area contributed by atoms with Gasteiger partial charge >= 0.3 is 0 Å². The van der Waals surface area contributed by atoms with E-state index in [0.717, 1.165) is 59.9 Å². The van der Waals surface area contributed by atoms with E-state index in [0.29, 0.717) is 55.5 Å². The molecule has 4 heterocycles. The standard InChI is InChI=1S/C34H41N5O4S/c1-5-11-34(12-13-34)44(42,43)39-14-10-28-29(31(40)8-7-27-23(2)19-24(3)36-33(27)41)20-26(21-30(28)39)25-6-9-32(35-22-25)38-17-15-37(4)16-18-38/h5-6,9,19-22H,1,7-8,10-18H2,2-4H3,(H,36,41). The first-order chi connectivity index (χ1) is 21.0. The highest BCUT2D eigenvalue weighted by atomic mass is 32.2. The molecule has 9 nitrogen and oxygen atoms in total. The Hall–Kier alpha value is -3.76. The number of nitrogens with one attached hydrogen (secondary N) is 1. The van der Waals surface area contributed by atoms with Crippen LogP contribution in [0, 0.1) is 13.8 Å². The molecule has 10 heteroatoms. The van der Waals surface area contributed by atoms with Crippen LogP contribution in [0.15, 0.2) is 54.0 Å². The molecule has 0 unspecified atom stereocenters. The molecule has 2 aliphatic heterocycles. The van der Waals surface area contributed by atoms with Crippen LogP contribution in [0.1, 0.15) is 58.4 Å². The monoisotopic (exact) mass is 615 g/mol. The molecule has 6 rings (SSSR count). The number of aromatic amines is 1. The molecule has 2 aromatic heterocycles. The average molecular weight is 616 g/mol. The molecule has 232 valence electrons. The number of carbonyl (C=O) groups is 1. The third-order valence-electron chi connectivity index (χ3n) is 9.53. The SMILES string of the molecule is C=CCC1(S(=O)(=O)N2CCc3c(C(=O)CCc4c(C)cc(C)[nH]c4=O)cc(-c4ccc(N5CCN(C)CC5)nc4)cc32)CC1. The number of allylic oxidation sites excluding steroid dienone is 1. The van der Waals surface area contributed by atoms with Crippen LogP contribution in [-0.4, -0.2) is 73.6 Å². The van der Waals surface area contributed by atoms with E-state index in [1.54, 1.807) is 6.08 Å². The molecule has 2 fully saturated rings. The van der Waals surface area contributed by atoms with E-state index in [4.69, 9.17) is 4.98 Å². The topological polar surface area (TPSA) is 107 Å². The van der Waals surface area contributed by atoms with E-state index in [-0.39, 0.29) is 17.8 Å². The average Bonchev–Trinajstić information content (AvgIpc) is 3.66. The van der Waals surface area contributed by atoms with Gasteiger partial charge in [0.1, 0.15) is 5.82 Å². The predicted molar refractivity (Wildman–Crippen MR) is 175 cm³/mol. The van der Waals surface area contributed by atoms with E-state index in [2.05, 4.69) is 28.4 Å². The van der Waals surface area contributed by atoms with Gasteiger partial charge in [-0.05, 0) is 100 Å². The van der Waals surface area contributed by atoms with Gasteiger partial charge in [-0.15, -0.1) is 6.58 Å². The minimum atomic E-state index is -3.66. The number of sulfonamides is 1. The Labute approximate surface area is 259 Å². The van der Waals surface area contributed by atoms with Gasteiger partial charge in [0.15, 0.2) is 5.78 Å². The van der Waals surface area contributed by atoms with Crippen LogP contribution in [-0.2, 0) is 22.9 Å². The number of carbonyl (C=O) groups excluding carboxylic acids is 1. The van der Waals surface area contributed by atoms with Crippen molar-refractivity contribution in [3.63, 3.8) is 0 Å². The lowest BCUT2D eigenvalue weighted by Gasteiger charge is -2.33. The van der Waals surface area contributed by atoms with Crippen LogP contribution in [0.2, 0.25) is 0 Å². The van der Waals surface area contributed by atoms with Gasteiger partial charge < -0.3 is 14.8 Å². The van der Waals surface area contributed by atoms with Crippen molar-refractivity contribution in [2.75, 3.05) is 49.0 Å². The number of nitrogens with zero attached hydrogens (tertiary/aromatic N) is 4. The van der Waals surface area contributed by atoms with E-state index in [9.17, 15) is 18.0 Å². The van der Waals surface area contributed by atoms with E-state index in [1.165, 1.54) is 4.31 Å². The van der Waals surface area contributed by atoms with Crippen LogP contribution in [0.25, 0.3) is 11.1 Å². The number of H-pyrrole nitrogens is 1. The Morgan fingerprint density at radius 1 is 1.07 bits per heavy atom. The first kappa shape index (κ1) is 30.3. The van der Waals surface area contributed by atoms with Crippen molar-refractivity contribution in [3.8, 4) is 11.1 Å². The number of aromatic nitrogens is 2. The number of rotatable bonds is 10. The molecule has 0 bridgehead atoms. The van der Waals surface area contributed by atoms with Crippen LogP contribution in [0.5, 0.6) is 0 Å². The lowest BCUT2D eigenvalue weighted by Crippen LogP contribution is -2.44. The predicted octanol–water partition coefficient (Wildman–Crippen LogP) is 4.42. The maximum Gasteiger partial charge on any atom is 0.251 e. The minimum Gasteiger partial charge on any atom is -0.354 e. The quantitative estimate of drug-likeness (QED) is 0.266. The fourth-order valence-corrected chi connectivity index (χ4v) is 8.86. The highest BCUT2D eigenvalue weighted by Crippen LogP contribution is 2.51. The number of hydrogen-bond donors (Lipinski definition) is 1. The molecule has 1 saturated heterocycles. The normalized spacial score (nSPS) is 17.9. The number of benzene rings is 1. The van der Waals surface area contributed by atoms with Crippen LogP contribution < -0.4 is 14.8 Å². The summed E-state index contributed by atoms with van der Waals surface area (Å²) in [6, 6.07) is 9.70. The summed E-state index contributed by atoms with van der Waals surface area (Å²) < 4.78 is 28.7. The highest BCUT2D eigenvalue weighted by Gasteiger charge is 2.56. The van der Waals surface area contributed by atoms with Gasteiger partial charge in [-0.1, -0.05) is 6.08 Å². The summed E-state index contributed by atoms with van der Waals surface area (Å²) in [5.74, 6) is 0.804. The zero-order valence-electron chi connectivity index (χ0n) is 25.9. The number of pyridine rings is 2. The Bertz CT molecular complexity index is 1770. The molecular weight excluding hydrogens is 574 g/mol. The molecule has 1 aliphatic carbocycles. The van der Waals surface area contributed by atoms with Gasteiger partial charge in [0.25, 0.3) is 5.56 Å². The zero-order chi connectivity index (χ0) is 31.2. The summed E-state index contributed by atoms with van der Waals surface area (Å²) in [6.07, 6.45) is 6.06. The second-order valence-corrected chi connectivity index (χ2v) is 14.8. The van der Waals surface area contributed by atoms with Gasteiger partial charge in [0, 0.05) is 67.7 Å². The van der Waals surface area contributed by atoms with Crippen molar-refractivity contribution in [1.82, 2.24) is 14.9 Å². The number of likely N-dealkylation sites (N-methyl/N-ethyl adjacent to an activating group) is 1. The number of fused-ring (bicyclic) bond motifs is 1. The fraction of sp³-hybridized carbons (Fsp3) is 0.441. The van der Waals surface area contributed by atoms with E-state index in [1.807, 2.05) is 50.4 Å². The van der Waals surface area contributed by atoms with Gasteiger partial charge in [-0.3, -0.25) is 13.9 Å². The van der Waals surface area contributed by atoms with Gasteiger partial charge in [0.05, 0.1) is 10.4 Å².